The molecule has 1 heterocycles. The molecule has 0 unspecified atom stereocenters. The van der Waals surface area contributed by atoms with Crippen molar-refractivity contribution in [3.8, 4) is 0 Å². The van der Waals surface area contributed by atoms with Gasteiger partial charge in [-0.2, -0.15) is 5.10 Å². The van der Waals surface area contributed by atoms with Crippen molar-refractivity contribution in [2.75, 3.05) is 5.32 Å². The van der Waals surface area contributed by atoms with Gasteiger partial charge in [-0.1, -0.05) is 19.4 Å². The summed E-state index contributed by atoms with van der Waals surface area (Å²) in [4.78, 5) is 24.8. The molecule has 0 aliphatic heterocycles. The largest absolute Gasteiger partial charge is 0.326 e. The Labute approximate surface area is 145 Å². The summed E-state index contributed by atoms with van der Waals surface area (Å²) in [7, 11) is 0. The highest BCUT2D eigenvalue weighted by Gasteiger charge is 2.07. The van der Waals surface area contributed by atoms with Crippen molar-refractivity contribution in [3.05, 3.63) is 52.2 Å². The van der Waals surface area contributed by atoms with Crippen LogP contribution in [0.25, 0.3) is 0 Å². The summed E-state index contributed by atoms with van der Waals surface area (Å²) in [6.45, 7) is 3.89. The van der Waals surface area contributed by atoms with Gasteiger partial charge in [0.05, 0.1) is 5.71 Å². The topological polar surface area (TPSA) is 70.6 Å². The van der Waals surface area contributed by atoms with Crippen LogP contribution in [0.2, 0.25) is 0 Å². The minimum Gasteiger partial charge on any atom is -0.326 e. The Morgan fingerprint density at radius 1 is 1.17 bits per heavy atom. The van der Waals surface area contributed by atoms with Crippen LogP contribution >= 0.6 is 11.3 Å². The number of rotatable bonds is 7. The fourth-order valence-corrected chi connectivity index (χ4v) is 2.68. The van der Waals surface area contributed by atoms with Crippen LogP contribution in [0.4, 0.5) is 5.69 Å². The normalized spacial score (nSPS) is 11.2. The maximum absolute atomic E-state index is 12.1. The Kier molecular flexibility index (Phi) is 6.69. The Bertz CT molecular complexity index is 706. The molecule has 0 radical (unpaired) electrons. The first-order chi connectivity index (χ1) is 11.6. The number of carbonyl (C=O) groups is 2. The lowest BCUT2D eigenvalue weighted by Crippen LogP contribution is -2.19. The number of nitrogens with zero attached hydrogens (tertiary/aromatic N) is 1. The van der Waals surface area contributed by atoms with Crippen LogP contribution in [-0.4, -0.2) is 17.5 Å². The minimum absolute atomic E-state index is 0.00905. The quantitative estimate of drug-likeness (QED) is 0.588. The third-order valence-corrected chi connectivity index (χ3v) is 4.37. The van der Waals surface area contributed by atoms with E-state index in [0.29, 0.717) is 17.7 Å². The smallest absolute Gasteiger partial charge is 0.271 e. The number of amides is 2. The summed E-state index contributed by atoms with van der Waals surface area (Å²) in [5.41, 5.74) is 4.48. The van der Waals surface area contributed by atoms with E-state index < -0.39 is 0 Å². The summed E-state index contributed by atoms with van der Waals surface area (Å²) in [6.07, 6.45) is 2.36. The van der Waals surface area contributed by atoms with Crippen molar-refractivity contribution in [1.29, 1.82) is 0 Å². The van der Waals surface area contributed by atoms with Gasteiger partial charge in [0.25, 0.3) is 5.91 Å². The number of carbonyl (C=O) groups excluding carboxylic acids is 2. The molecule has 2 N–H and O–H groups in total. The van der Waals surface area contributed by atoms with Gasteiger partial charge in [-0.25, -0.2) is 5.43 Å². The number of hydrogen-bond donors (Lipinski definition) is 2. The van der Waals surface area contributed by atoms with E-state index in [4.69, 9.17) is 0 Å². The maximum atomic E-state index is 12.1. The Morgan fingerprint density at radius 2 is 1.92 bits per heavy atom. The monoisotopic (exact) mass is 343 g/mol. The zero-order chi connectivity index (χ0) is 17.4. The van der Waals surface area contributed by atoms with Gasteiger partial charge in [-0.15, -0.1) is 11.3 Å². The molecule has 1 aromatic carbocycles. The lowest BCUT2D eigenvalue weighted by molar-refractivity contribution is -0.116. The number of nitrogens with one attached hydrogen (secondary N) is 2. The zero-order valence-corrected chi connectivity index (χ0v) is 14.7. The van der Waals surface area contributed by atoms with Crippen LogP contribution in [-0.2, 0) is 4.79 Å². The predicted molar refractivity (Wildman–Crippen MR) is 98.6 cm³/mol. The Hall–Kier alpha value is -2.47. The molecule has 6 heteroatoms. The van der Waals surface area contributed by atoms with Crippen molar-refractivity contribution in [3.63, 3.8) is 0 Å². The maximum Gasteiger partial charge on any atom is 0.271 e. The summed E-state index contributed by atoms with van der Waals surface area (Å²) < 4.78 is 0. The highest BCUT2D eigenvalue weighted by atomic mass is 32.1. The fraction of sp³-hybridized carbons (Fsp3) is 0.278. The molecule has 2 amide bonds. The standard InChI is InChI=1S/C18H21N3O2S/c1-3-4-7-17(22)19-15-10-8-14(9-11-15)18(23)21-20-13(2)16-6-5-12-24-16/h5-6,8-12H,3-4,7H2,1-2H3,(H,19,22)(H,21,23)/b20-13+. The highest BCUT2D eigenvalue weighted by molar-refractivity contribution is 7.12. The summed E-state index contributed by atoms with van der Waals surface area (Å²) in [5.74, 6) is -0.292. The van der Waals surface area contributed by atoms with Crippen LogP contribution < -0.4 is 10.7 Å². The number of anilines is 1. The first-order valence-electron chi connectivity index (χ1n) is 7.88. The second kappa shape index (κ2) is 8.98. The first-order valence-corrected chi connectivity index (χ1v) is 8.76. The molecule has 0 fully saturated rings. The van der Waals surface area contributed by atoms with E-state index in [1.165, 1.54) is 0 Å². The molecule has 2 rings (SSSR count). The molecule has 0 aliphatic rings. The van der Waals surface area contributed by atoms with E-state index in [2.05, 4.69) is 15.8 Å². The predicted octanol–water partition coefficient (Wildman–Crippen LogP) is 4.03. The first kappa shape index (κ1) is 17.9. The number of unbranched alkanes of at least 4 members (excludes halogenated alkanes) is 1. The van der Waals surface area contributed by atoms with Crippen molar-refractivity contribution >= 4 is 34.6 Å². The fourth-order valence-electron chi connectivity index (χ4n) is 2.00. The van der Waals surface area contributed by atoms with Gasteiger partial charge in [0.2, 0.25) is 5.91 Å². The average molecular weight is 343 g/mol. The molecular weight excluding hydrogens is 322 g/mol. The zero-order valence-electron chi connectivity index (χ0n) is 13.8. The number of benzene rings is 1. The Balaban J connectivity index is 1.91. The van der Waals surface area contributed by atoms with Gasteiger partial charge in [-0.05, 0) is 49.1 Å². The molecule has 5 nitrogen and oxygen atoms in total. The molecule has 0 spiro atoms. The van der Waals surface area contributed by atoms with Crippen LogP contribution in [0.15, 0.2) is 46.9 Å². The summed E-state index contributed by atoms with van der Waals surface area (Å²) in [5, 5.41) is 8.88. The van der Waals surface area contributed by atoms with E-state index in [9.17, 15) is 9.59 Å². The third kappa shape index (κ3) is 5.31. The molecule has 2 aromatic rings. The molecule has 1 aromatic heterocycles. The molecule has 0 aliphatic carbocycles. The molecule has 0 bridgehead atoms. The van der Waals surface area contributed by atoms with Crippen molar-refractivity contribution in [2.24, 2.45) is 5.10 Å². The van der Waals surface area contributed by atoms with Crippen LogP contribution in [0.1, 0.15) is 48.3 Å². The molecule has 0 saturated carbocycles. The van der Waals surface area contributed by atoms with E-state index in [-0.39, 0.29) is 11.8 Å². The summed E-state index contributed by atoms with van der Waals surface area (Å²) in [6, 6.07) is 10.7. The van der Waals surface area contributed by atoms with Crippen molar-refractivity contribution in [2.45, 2.75) is 33.1 Å². The molecule has 126 valence electrons. The van der Waals surface area contributed by atoms with Crippen molar-refractivity contribution < 1.29 is 9.59 Å². The molecule has 0 saturated heterocycles. The lowest BCUT2D eigenvalue weighted by Gasteiger charge is -2.06. The van der Waals surface area contributed by atoms with Crippen LogP contribution in [0.5, 0.6) is 0 Å². The van der Waals surface area contributed by atoms with E-state index in [1.807, 2.05) is 31.4 Å². The molecule has 24 heavy (non-hydrogen) atoms. The van der Waals surface area contributed by atoms with Gasteiger partial charge >= 0.3 is 0 Å². The molecule has 0 atom stereocenters. The van der Waals surface area contributed by atoms with Gasteiger partial charge in [0.1, 0.15) is 0 Å². The average Bonchev–Trinajstić information content (AvgIpc) is 3.13. The number of thiophene rings is 1. The second-order valence-corrected chi connectivity index (χ2v) is 6.29. The number of hydrazone groups is 1. The minimum atomic E-state index is -0.283. The van der Waals surface area contributed by atoms with Crippen molar-refractivity contribution in [1.82, 2.24) is 5.43 Å². The van der Waals surface area contributed by atoms with Crippen LogP contribution in [0.3, 0.4) is 0 Å². The van der Waals surface area contributed by atoms with Gasteiger partial charge in [-0.3, -0.25) is 9.59 Å². The van der Waals surface area contributed by atoms with E-state index in [1.54, 1.807) is 35.6 Å². The Morgan fingerprint density at radius 3 is 2.54 bits per heavy atom. The van der Waals surface area contributed by atoms with E-state index in [0.717, 1.165) is 23.4 Å². The number of hydrogen-bond acceptors (Lipinski definition) is 4. The third-order valence-electron chi connectivity index (χ3n) is 3.39. The summed E-state index contributed by atoms with van der Waals surface area (Å²) >= 11 is 1.57. The second-order valence-electron chi connectivity index (χ2n) is 5.34. The SMILES string of the molecule is CCCCC(=O)Nc1ccc(C(=O)N/N=C(\C)c2cccs2)cc1. The lowest BCUT2D eigenvalue weighted by atomic mass is 10.2. The van der Waals surface area contributed by atoms with Crippen LogP contribution in [0, 0.1) is 0 Å². The van der Waals surface area contributed by atoms with E-state index >= 15 is 0 Å². The van der Waals surface area contributed by atoms with Gasteiger partial charge in [0.15, 0.2) is 0 Å². The van der Waals surface area contributed by atoms with Gasteiger partial charge in [0, 0.05) is 22.5 Å². The highest BCUT2D eigenvalue weighted by Crippen LogP contribution is 2.12. The van der Waals surface area contributed by atoms with Gasteiger partial charge < -0.3 is 5.32 Å². The molecular formula is C18H21N3O2S.